The van der Waals surface area contributed by atoms with Crippen molar-refractivity contribution < 1.29 is 0 Å². The van der Waals surface area contributed by atoms with E-state index in [1.54, 1.807) is 6.20 Å². The van der Waals surface area contributed by atoms with Crippen molar-refractivity contribution in [2.75, 3.05) is 7.05 Å². The maximum Gasteiger partial charge on any atom is 0.153 e. The normalized spacial score (nSPS) is 10.6. The van der Waals surface area contributed by atoms with E-state index in [0.29, 0.717) is 0 Å². The molecule has 16 heavy (non-hydrogen) atoms. The second kappa shape index (κ2) is 4.90. The first kappa shape index (κ1) is 10.8. The van der Waals surface area contributed by atoms with Gasteiger partial charge in [0.15, 0.2) is 5.82 Å². The van der Waals surface area contributed by atoms with Crippen LogP contribution in [-0.2, 0) is 13.0 Å². The summed E-state index contributed by atoms with van der Waals surface area (Å²) in [7, 11) is 1.94. The summed E-state index contributed by atoms with van der Waals surface area (Å²) in [5, 5.41) is 7.54. The third kappa shape index (κ3) is 1.97. The molecule has 2 aromatic heterocycles. The minimum atomic E-state index is 0.843. The number of nitrogens with one attached hydrogen (secondary N) is 1. The van der Waals surface area contributed by atoms with Crippen molar-refractivity contribution in [3.8, 4) is 5.82 Å². The molecule has 0 aromatic carbocycles. The van der Waals surface area contributed by atoms with Gasteiger partial charge in [-0.1, -0.05) is 13.0 Å². The molecule has 84 valence electrons. The molecule has 0 fully saturated rings. The van der Waals surface area contributed by atoms with Crippen LogP contribution in [0.15, 0.2) is 30.6 Å². The number of pyridine rings is 1. The molecular formula is C12H16N4. The standard InChI is InChI=1S/C12H16N4/c1-3-11-10(8-13-2)9-15-16(11)12-6-4-5-7-14-12/h4-7,9,13H,3,8H2,1-2H3. The molecule has 0 radical (unpaired) electrons. The van der Waals surface area contributed by atoms with Gasteiger partial charge < -0.3 is 5.32 Å². The Morgan fingerprint density at radius 1 is 1.38 bits per heavy atom. The zero-order valence-electron chi connectivity index (χ0n) is 9.64. The molecule has 2 aromatic rings. The Morgan fingerprint density at radius 2 is 2.25 bits per heavy atom. The van der Waals surface area contributed by atoms with E-state index in [2.05, 4.69) is 22.3 Å². The molecule has 0 unspecified atom stereocenters. The Kier molecular flexibility index (Phi) is 3.31. The van der Waals surface area contributed by atoms with Gasteiger partial charge in [0.1, 0.15) is 0 Å². The molecule has 2 heterocycles. The minimum Gasteiger partial charge on any atom is -0.316 e. The van der Waals surface area contributed by atoms with Gasteiger partial charge in [-0.2, -0.15) is 5.10 Å². The molecule has 0 atom stereocenters. The first-order valence-corrected chi connectivity index (χ1v) is 5.48. The van der Waals surface area contributed by atoms with E-state index >= 15 is 0 Å². The van der Waals surface area contributed by atoms with Gasteiger partial charge in [-0.25, -0.2) is 9.67 Å². The molecule has 0 bridgehead atoms. The maximum atomic E-state index is 4.39. The third-order valence-electron chi connectivity index (χ3n) is 2.52. The van der Waals surface area contributed by atoms with Crippen LogP contribution in [0.25, 0.3) is 5.82 Å². The zero-order chi connectivity index (χ0) is 11.4. The highest BCUT2D eigenvalue weighted by molar-refractivity contribution is 5.28. The largest absolute Gasteiger partial charge is 0.316 e. The van der Waals surface area contributed by atoms with Crippen LogP contribution in [0.5, 0.6) is 0 Å². The summed E-state index contributed by atoms with van der Waals surface area (Å²) in [5.41, 5.74) is 2.45. The summed E-state index contributed by atoms with van der Waals surface area (Å²) in [6.45, 7) is 2.98. The number of rotatable bonds is 4. The van der Waals surface area contributed by atoms with E-state index in [1.165, 1.54) is 11.3 Å². The maximum absolute atomic E-state index is 4.39. The summed E-state index contributed by atoms with van der Waals surface area (Å²) in [5.74, 6) is 0.877. The minimum absolute atomic E-state index is 0.843. The summed E-state index contributed by atoms with van der Waals surface area (Å²) in [6, 6.07) is 5.85. The molecule has 2 rings (SSSR count). The summed E-state index contributed by atoms with van der Waals surface area (Å²) < 4.78 is 1.91. The molecule has 1 N–H and O–H groups in total. The Morgan fingerprint density at radius 3 is 2.88 bits per heavy atom. The quantitative estimate of drug-likeness (QED) is 0.843. The predicted molar refractivity (Wildman–Crippen MR) is 63.5 cm³/mol. The molecule has 0 aliphatic heterocycles. The van der Waals surface area contributed by atoms with Crippen LogP contribution >= 0.6 is 0 Å². The Bertz CT molecular complexity index is 447. The van der Waals surface area contributed by atoms with Crippen LogP contribution < -0.4 is 5.32 Å². The number of hydrogen-bond acceptors (Lipinski definition) is 3. The number of aromatic nitrogens is 3. The van der Waals surface area contributed by atoms with Gasteiger partial charge in [0.2, 0.25) is 0 Å². The monoisotopic (exact) mass is 216 g/mol. The number of hydrogen-bond donors (Lipinski definition) is 1. The second-order valence-corrected chi connectivity index (χ2v) is 3.60. The summed E-state index contributed by atoms with van der Waals surface area (Å²) >= 11 is 0. The van der Waals surface area contributed by atoms with Crippen LogP contribution in [0.4, 0.5) is 0 Å². The lowest BCUT2D eigenvalue weighted by atomic mass is 10.2. The van der Waals surface area contributed by atoms with Gasteiger partial charge in [-0.15, -0.1) is 0 Å². The summed E-state index contributed by atoms with van der Waals surface area (Å²) in [4.78, 5) is 4.31. The molecule has 0 spiro atoms. The van der Waals surface area contributed by atoms with E-state index in [1.807, 2.05) is 36.1 Å². The smallest absolute Gasteiger partial charge is 0.153 e. The lowest BCUT2D eigenvalue weighted by molar-refractivity contribution is 0.767. The molecule has 0 saturated heterocycles. The number of nitrogens with zero attached hydrogens (tertiary/aromatic N) is 3. The first-order valence-electron chi connectivity index (χ1n) is 5.48. The van der Waals surface area contributed by atoms with E-state index in [-0.39, 0.29) is 0 Å². The van der Waals surface area contributed by atoms with Crippen LogP contribution in [-0.4, -0.2) is 21.8 Å². The molecule has 0 aliphatic rings. The van der Waals surface area contributed by atoms with E-state index in [4.69, 9.17) is 0 Å². The van der Waals surface area contributed by atoms with Gasteiger partial charge in [0, 0.05) is 18.3 Å². The van der Waals surface area contributed by atoms with Crippen molar-refractivity contribution in [2.24, 2.45) is 0 Å². The predicted octanol–water partition coefficient (Wildman–Crippen LogP) is 1.55. The molecule has 4 heteroatoms. The topological polar surface area (TPSA) is 42.7 Å². The lowest BCUT2D eigenvalue weighted by Gasteiger charge is -2.06. The average Bonchev–Trinajstić information content (AvgIpc) is 2.73. The van der Waals surface area contributed by atoms with Crippen molar-refractivity contribution in [1.29, 1.82) is 0 Å². The van der Waals surface area contributed by atoms with Gasteiger partial charge in [-0.3, -0.25) is 0 Å². The molecule has 0 saturated carbocycles. The van der Waals surface area contributed by atoms with Crippen molar-refractivity contribution in [1.82, 2.24) is 20.1 Å². The van der Waals surface area contributed by atoms with Gasteiger partial charge in [0.05, 0.1) is 11.9 Å². The average molecular weight is 216 g/mol. The van der Waals surface area contributed by atoms with Crippen LogP contribution in [0.2, 0.25) is 0 Å². The Balaban J connectivity index is 2.42. The van der Waals surface area contributed by atoms with Crippen molar-refractivity contribution in [2.45, 2.75) is 19.9 Å². The SMILES string of the molecule is CCc1c(CNC)cnn1-c1ccccn1. The van der Waals surface area contributed by atoms with Gasteiger partial charge in [0.25, 0.3) is 0 Å². The van der Waals surface area contributed by atoms with E-state index < -0.39 is 0 Å². The van der Waals surface area contributed by atoms with Crippen molar-refractivity contribution in [3.05, 3.63) is 41.9 Å². The third-order valence-corrected chi connectivity index (χ3v) is 2.52. The zero-order valence-corrected chi connectivity index (χ0v) is 9.64. The highest BCUT2D eigenvalue weighted by Gasteiger charge is 2.09. The second-order valence-electron chi connectivity index (χ2n) is 3.60. The Labute approximate surface area is 95.3 Å². The molecule has 0 amide bonds. The fourth-order valence-electron chi connectivity index (χ4n) is 1.80. The van der Waals surface area contributed by atoms with Gasteiger partial charge >= 0.3 is 0 Å². The molecular weight excluding hydrogens is 200 g/mol. The van der Waals surface area contributed by atoms with Crippen molar-refractivity contribution in [3.63, 3.8) is 0 Å². The molecule has 0 aliphatic carbocycles. The van der Waals surface area contributed by atoms with Crippen LogP contribution in [0, 0.1) is 0 Å². The fraction of sp³-hybridized carbons (Fsp3) is 0.333. The van der Waals surface area contributed by atoms with E-state index in [0.717, 1.165) is 18.8 Å². The fourth-order valence-corrected chi connectivity index (χ4v) is 1.80. The lowest BCUT2D eigenvalue weighted by Crippen LogP contribution is -2.09. The summed E-state index contributed by atoms with van der Waals surface area (Å²) in [6.07, 6.45) is 4.64. The van der Waals surface area contributed by atoms with Crippen molar-refractivity contribution >= 4 is 0 Å². The van der Waals surface area contributed by atoms with E-state index in [9.17, 15) is 0 Å². The van der Waals surface area contributed by atoms with Gasteiger partial charge in [-0.05, 0) is 25.6 Å². The Hall–Kier alpha value is -1.68. The van der Waals surface area contributed by atoms with Crippen LogP contribution in [0.1, 0.15) is 18.2 Å². The highest BCUT2D eigenvalue weighted by atomic mass is 15.3. The highest BCUT2D eigenvalue weighted by Crippen LogP contribution is 2.13. The van der Waals surface area contributed by atoms with Crippen LogP contribution in [0.3, 0.4) is 0 Å². The first-order chi connectivity index (χ1) is 7.86. The molecule has 4 nitrogen and oxygen atoms in total.